The summed E-state index contributed by atoms with van der Waals surface area (Å²) in [5, 5.41) is 46.9. The second kappa shape index (κ2) is 8.38. The van der Waals surface area contributed by atoms with Crippen molar-refractivity contribution in [1.29, 1.82) is 0 Å². The van der Waals surface area contributed by atoms with Crippen LogP contribution in [-0.2, 0) is 21.4 Å². The van der Waals surface area contributed by atoms with Gasteiger partial charge in [0.2, 0.25) is 0 Å². The lowest BCUT2D eigenvalue weighted by molar-refractivity contribution is -0.165. The second-order valence-electron chi connectivity index (χ2n) is 9.05. The Labute approximate surface area is 188 Å². The van der Waals surface area contributed by atoms with Crippen LogP contribution in [0.15, 0.2) is 17.2 Å². The predicted molar refractivity (Wildman–Crippen MR) is 112 cm³/mol. The highest BCUT2D eigenvalue weighted by atomic mass is 16.5. The van der Waals surface area contributed by atoms with Gasteiger partial charge in [-0.2, -0.15) is 0 Å². The first-order valence-corrected chi connectivity index (χ1v) is 10.7. The zero-order chi connectivity index (χ0) is 24.1. The number of rotatable bonds is 4. The van der Waals surface area contributed by atoms with Gasteiger partial charge >= 0.3 is 11.9 Å². The summed E-state index contributed by atoms with van der Waals surface area (Å²) in [7, 11) is 2.22. The Hall–Kier alpha value is -3.05. The van der Waals surface area contributed by atoms with E-state index in [9.17, 15) is 14.7 Å². The molecule has 2 bridgehead atoms. The number of phenolic OH excluding ortho intramolecular Hbond substituents is 1. The zero-order valence-corrected chi connectivity index (χ0v) is 17.9. The number of hydrogen-bond donors (Lipinski definition) is 5. The molecule has 178 valence electrons. The van der Waals surface area contributed by atoms with Crippen LogP contribution in [0.4, 0.5) is 0 Å². The van der Waals surface area contributed by atoms with Crippen molar-refractivity contribution in [3.63, 3.8) is 0 Å². The van der Waals surface area contributed by atoms with E-state index in [0.717, 1.165) is 32.2 Å². The van der Waals surface area contributed by atoms with E-state index >= 15 is 0 Å². The van der Waals surface area contributed by atoms with E-state index in [1.165, 1.54) is 11.1 Å². The van der Waals surface area contributed by atoms with Crippen LogP contribution in [0, 0.1) is 5.92 Å². The first-order valence-electron chi connectivity index (χ1n) is 10.7. The van der Waals surface area contributed by atoms with Crippen LogP contribution in [0.2, 0.25) is 0 Å². The number of ether oxygens (including phenoxy) is 1. The number of aliphatic hydroxyl groups is 2. The van der Waals surface area contributed by atoms with Crippen molar-refractivity contribution in [2.75, 3.05) is 13.6 Å². The minimum atomic E-state index is -2.27. The van der Waals surface area contributed by atoms with Gasteiger partial charge in [0.05, 0.1) is 6.04 Å². The van der Waals surface area contributed by atoms with E-state index in [0.29, 0.717) is 17.7 Å². The molecule has 33 heavy (non-hydrogen) atoms. The molecular formula is C21H26N4O8. The van der Waals surface area contributed by atoms with Gasteiger partial charge in [0, 0.05) is 21.9 Å². The van der Waals surface area contributed by atoms with Crippen LogP contribution in [-0.4, -0.2) is 86.4 Å². The lowest BCUT2D eigenvalue weighted by Gasteiger charge is -2.58. The van der Waals surface area contributed by atoms with E-state index in [4.69, 9.17) is 30.7 Å². The Morgan fingerprint density at radius 3 is 2.52 bits per heavy atom. The summed E-state index contributed by atoms with van der Waals surface area (Å²) in [6.07, 6.45) is -0.696. The van der Waals surface area contributed by atoms with Crippen molar-refractivity contribution in [3.8, 4) is 11.5 Å². The van der Waals surface area contributed by atoms with E-state index in [-0.39, 0.29) is 23.3 Å². The topological polar surface area (TPSA) is 197 Å². The Bertz CT molecular complexity index is 1010. The molecular weight excluding hydrogens is 436 g/mol. The number of aromatic hydroxyl groups is 1. The summed E-state index contributed by atoms with van der Waals surface area (Å²) in [4.78, 5) is 25.1. The van der Waals surface area contributed by atoms with Gasteiger partial charge in [-0.1, -0.05) is 11.2 Å². The summed E-state index contributed by atoms with van der Waals surface area (Å²) in [6, 6.07) is 4.19. The predicted octanol–water partition coefficient (Wildman–Crippen LogP) is 0.617. The Morgan fingerprint density at radius 2 is 1.91 bits per heavy atom. The van der Waals surface area contributed by atoms with Crippen molar-refractivity contribution in [3.05, 3.63) is 33.7 Å². The van der Waals surface area contributed by atoms with Crippen molar-refractivity contribution < 1.29 is 39.9 Å². The number of carboxylic acid groups (broad SMARTS) is 2. The number of hydrogen-bond acceptors (Lipinski definition) is 8. The number of benzene rings is 1. The van der Waals surface area contributed by atoms with Crippen LogP contribution in [0.3, 0.4) is 0 Å². The number of carboxylic acids is 2. The SMILES string of the molecule is CN1CC[C@]23c4c5ccc(O)c4O[C@H]2[C@H](N=[N+]=[N-])CC[C@H]3[C@H]1C5.O=C(O)[C@H](O)[C@@H](O)C(=O)O. The van der Waals surface area contributed by atoms with Gasteiger partial charge in [-0.3, -0.25) is 0 Å². The van der Waals surface area contributed by atoms with Crippen LogP contribution in [0.1, 0.15) is 30.4 Å². The van der Waals surface area contributed by atoms with Crippen molar-refractivity contribution in [1.82, 2.24) is 4.90 Å². The van der Waals surface area contributed by atoms with Gasteiger partial charge in [-0.05, 0) is 62.4 Å². The number of phenols is 1. The molecule has 7 atom stereocenters. The summed E-state index contributed by atoms with van der Waals surface area (Å²) >= 11 is 0. The number of carbonyl (C=O) groups is 2. The van der Waals surface area contributed by atoms with Crippen LogP contribution in [0.25, 0.3) is 10.4 Å². The largest absolute Gasteiger partial charge is 0.504 e. The van der Waals surface area contributed by atoms with Crippen molar-refractivity contribution in [2.24, 2.45) is 11.0 Å². The highest BCUT2D eigenvalue weighted by Crippen LogP contribution is 2.63. The number of piperidine rings is 1. The Balaban J connectivity index is 0.000000223. The Kier molecular flexibility index (Phi) is 5.87. The molecule has 0 aromatic heterocycles. The Morgan fingerprint density at radius 1 is 1.24 bits per heavy atom. The van der Waals surface area contributed by atoms with E-state index in [1.54, 1.807) is 6.07 Å². The molecule has 2 aliphatic carbocycles. The molecule has 1 aromatic carbocycles. The molecule has 2 heterocycles. The molecule has 5 N–H and O–H groups in total. The average molecular weight is 462 g/mol. The number of likely N-dealkylation sites (tertiary alicyclic amines) is 1. The third-order valence-electron chi connectivity index (χ3n) is 7.57. The monoisotopic (exact) mass is 462 g/mol. The first-order chi connectivity index (χ1) is 15.6. The lowest BCUT2D eigenvalue weighted by Crippen LogP contribution is -2.65. The second-order valence-corrected chi connectivity index (χ2v) is 9.05. The molecule has 1 spiro atoms. The van der Waals surface area contributed by atoms with Gasteiger partial charge in [0.1, 0.15) is 6.10 Å². The fourth-order valence-electron chi connectivity index (χ4n) is 6.16. The summed E-state index contributed by atoms with van der Waals surface area (Å²) in [5.41, 5.74) is 11.4. The third kappa shape index (κ3) is 3.46. The van der Waals surface area contributed by atoms with Crippen molar-refractivity contribution >= 4 is 11.9 Å². The van der Waals surface area contributed by atoms with Gasteiger partial charge in [0.25, 0.3) is 0 Å². The van der Waals surface area contributed by atoms with E-state index in [1.807, 2.05) is 0 Å². The fourth-order valence-corrected chi connectivity index (χ4v) is 6.16. The van der Waals surface area contributed by atoms with E-state index in [2.05, 4.69) is 28.0 Å². The van der Waals surface area contributed by atoms with Gasteiger partial charge in [0.15, 0.2) is 23.7 Å². The first kappa shape index (κ1) is 23.1. The fraction of sp³-hybridized carbons (Fsp3) is 0.619. The van der Waals surface area contributed by atoms with Crippen LogP contribution in [0.5, 0.6) is 11.5 Å². The van der Waals surface area contributed by atoms with Gasteiger partial charge in [-0.25, -0.2) is 9.59 Å². The highest BCUT2D eigenvalue weighted by molar-refractivity contribution is 5.83. The lowest BCUT2D eigenvalue weighted by atomic mass is 9.51. The minimum Gasteiger partial charge on any atom is -0.504 e. The third-order valence-corrected chi connectivity index (χ3v) is 7.57. The molecule has 1 aromatic rings. The van der Waals surface area contributed by atoms with Gasteiger partial charge < -0.3 is 35.2 Å². The molecule has 12 heteroatoms. The summed E-state index contributed by atoms with van der Waals surface area (Å²) in [6.45, 7) is 1.03. The summed E-state index contributed by atoms with van der Waals surface area (Å²) in [5.74, 6) is -2.14. The minimum absolute atomic E-state index is 0.0874. The molecule has 0 amide bonds. The number of aliphatic carboxylic acids is 2. The average Bonchev–Trinajstić information content (AvgIpc) is 3.14. The number of likely N-dealkylation sites (N-methyl/N-ethyl adjacent to an activating group) is 1. The van der Waals surface area contributed by atoms with E-state index < -0.39 is 24.1 Å². The molecule has 4 aliphatic rings. The molecule has 0 radical (unpaired) electrons. The molecule has 1 saturated carbocycles. The highest BCUT2D eigenvalue weighted by Gasteiger charge is 2.65. The maximum absolute atomic E-state index is 10.3. The van der Waals surface area contributed by atoms with Crippen LogP contribution >= 0.6 is 0 Å². The molecule has 0 unspecified atom stereocenters. The zero-order valence-electron chi connectivity index (χ0n) is 17.9. The smallest absolute Gasteiger partial charge is 0.335 e. The summed E-state index contributed by atoms with van der Waals surface area (Å²) < 4.78 is 6.28. The molecule has 12 nitrogen and oxygen atoms in total. The number of azide groups is 1. The number of nitrogens with zero attached hydrogens (tertiary/aromatic N) is 4. The number of aliphatic hydroxyl groups excluding tert-OH is 2. The van der Waals surface area contributed by atoms with Crippen molar-refractivity contribution in [2.45, 2.75) is 61.5 Å². The standard InChI is InChI=1S/C17H20N4O2.C4H6O6/c1-21-7-6-17-10-3-4-11(19-20-18)16(17)23-15-13(22)5-2-9(14(15)17)8-12(10)21;5-1(3(7)8)2(6)4(9)10/h2,5,10-12,16,22H,3-4,6-8H2,1H3;1-2,5-6H,(H,7,8)(H,9,10)/t10-,11+,12+,16-,17-;1-,2-/m01/s1. The maximum atomic E-state index is 10.3. The van der Waals surface area contributed by atoms with Crippen LogP contribution < -0.4 is 4.74 Å². The van der Waals surface area contributed by atoms with Gasteiger partial charge in [-0.15, -0.1) is 0 Å². The molecule has 5 rings (SSSR count). The molecule has 2 aliphatic heterocycles. The normalized spacial score (nSPS) is 32.7. The molecule has 2 fully saturated rings. The maximum Gasteiger partial charge on any atom is 0.335 e. The quantitative estimate of drug-likeness (QED) is 0.242. The molecule has 1 saturated heterocycles.